The second-order valence-corrected chi connectivity index (χ2v) is 10.1. The molecule has 1 aromatic carbocycles. The summed E-state index contributed by atoms with van der Waals surface area (Å²) >= 11 is 0. The van der Waals surface area contributed by atoms with Gasteiger partial charge in [0.15, 0.2) is 0 Å². The Bertz CT molecular complexity index is 686. The van der Waals surface area contributed by atoms with Crippen LogP contribution in [0.5, 0.6) is 0 Å². The van der Waals surface area contributed by atoms with Gasteiger partial charge >= 0.3 is 5.97 Å². The van der Waals surface area contributed by atoms with Crippen molar-refractivity contribution < 1.29 is 14.3 Å². The SMILES string of the molecule is CCCCCCCC/C=C\CCCCCCCCCCCC(=O)N(C)CCOC(=O)c1ccccc1. The normalized spacial score (nSPS) is 11.2. The Morgan fingerprint density at radius 2 is 1.22 bits per heavy atom. The van der Waals surface area contributed by atoms with E-state index in [0.717, 1.165) is 12.8 Å². The third-order valence-electron chi connectivity index (χ3n) is 6.75. The zero-order valence-corrected chi connectivity index (χ0v) is 23.4. The van der Waals surface area contributed by atoms with Gasteiger partial charge < -0.3 is 9.64 Å². The molecule has 36 heavy (non-hydrogen) atoms. The van der Waals surface area contributed by atoms with Gasteiger partial charge in [-0.3, -0.25) is 4.79 Å². The molecule has 0 atom stereocenters. The summed E-state index contributed by atoms with van der Waals surface area (Å²) in [5.41, 5.74) is 0.540. The molecule has 0 unspecified atom stereocenters. The summed E-state index contributed by atoms with van der Waals surface area (Å²) in [5, 5.41) is 0. The topological polar surface area (TPSA) is 46.6 Å². The molecule has 1 aromatic rings. The van der Waals surface area contributed by atoms with E-state index in [1.54, 1.807) is 24.1 Å². The molecule has 0 N–H and O–H groups in total. The van der Waals surface area contributed by atoms with Crippen LogP contribution >= 0.6 is 0 Å². The third kappa shape index (κ3) is 18.2. The summed E-state index contributed by atoms with van der Waals surface area (Å²) in [6, 6.07) is 8.94. The van der Waals surface area contributed by atoms with Crippen molar-refractivity contribution in [2.24, 2.45) is 0 Å². The Morgan fingerprint density at radius 3 is 1.78 bits per heavy atom. The van der Waals surface area contributed by atoms with Gasteiger partial charge in [-0.2, -0.15) is 0 Å². The molecule has 0 radical (unpaired) electrons. The van der Waals surface area contributed by atoms with Crippen LogP contribution < -0.4 is 0 Å². The molecule has 0 bridgehead atoms. The Hall–Kier alpha value is -2.10. The first-order valence-corrected chi connectivity index (χ1v) is 14.8. The number of ether oxygens (including phenoxy) is 1. The number of amides is 1. The van der Waals surface area contributed by atoms with E-state index in [1.165, 1.54) is 96.3 Å². The molecule has 4 nitrogen and oxygen atoms in total. The molecule has 0 aliphatic rings. The number of likely N-dealkylation sites (N-methyl/N-ethyl adjacent to an activating group) is 1. The molecule has 0 fully saturated rings. The number of unbranched alkanes of at least 4 members (excludes halogenated alkanes) is 15. The van der Waals surface area contributed by atoms with Crippen molar-refractivity contribution in [2.75, 3.05) is 20.2 Å². The van der Waals surface area contributed by atoms with Gasteiger partial charge in [-0.25, -0.2) is 4.79 Å². The molecule has 1 rings (SSSR count). The molecule has 0 spiro atoms. The molecule has 0 aliphatic carbocycles. The van der Waals surface area contributed by atoms with E-state index >= 15 is 0 Å². The van der Waals surface area contributed by atoms with Gasteiger partial charge in [-0.15, -0.1) is 0 Å². The predicted molar refractivity (Wildman–Crippen MR) is 152 cm³/mol. The van der Waals surface area contributed by atoms with Crippen LogP contribution in [0.15, 0.2) is 42.5 Å². The molecule has 0 saturated heterocycles. The first-order chi connectivity index (χ1) is 17.6. The predicted octanol–water partition coefficient (Wildman–Crippen LogP) is 8.90. The lowest BCUT2D eigenvalue weighted by Gasteiger charge is -2.17. The van der Waals surface area contributed by atoms with Crippen LogP contribution in [-0.4, -0.2) is 37.0 Å². The van der Waals surface area contributed by atoms with Crippen molar-refractivity contribution in [3.63, 3.8) is 0 Å². The number of esters is 1. The maximum Gasteiger partial charge on any atom is 0.338 e. The van der Waals surface area contributed by atoms with Gasteiger partial charge in [0.25, 0.3) is 0 Å². The second kappa shape index (κ2) is 23.3. The molecule has 0 aliphatic heterocycles. The van der Waals surface area contributed by atoms with Crippen LogP contribution in [0.2, 0.25) is 0 Å². The first kappa shape index (κ1) is 31.9. The lowest BCUT2D eigenvalue weighted by Crippen LogP contribution is -2.30. The van der Waals surface area contributed by atoms with Crippen LogP contribution in [0.3, 0.4) is 0 Å². The fraction of sp³-hybridized carbons (Fsp3) is 0.688. The van der Waals surface area contributed by atoms with Gasteiger partial charge in [-0.1, -0.05) is 114 Å². The van der Waals surface area contributed by atoms with E-state index in [-0.39, 0.29) is 18.5 Å². The van der Waals surface area contributed by atoms with Crippen LogP contribution in [0.1, 0.15) is 133 Å². The average Bonchev–Trinajstić information content (AvgIpc) is 2.90. The summed E-state index contributed by atoms with van der Waals surface area (Å²) in [5.74, 6) is -0.209. The highest BCUT2D eigenvalue weighted by Crippen LogP contribution is 2.13. The molecule has 4 heteroatoms. The summed E-state index contributed by atoms with van der Waals surface area (Å²) in [6.07, 6.45) is 27.4. The number of allylic oxidation sites excluding steroid dienone is 2. The van der Waals surface area contributed by atoms with Crippen molar-refractivity contribution in [3.05, 3.63) is 48.0 Å². The fourth-order valence-corrected chi connectivity index (χ4v) is 4.30. The maximum absolute atomic E-state index is 12.3. The van der Waals surface area contributed by atoms with Crippen molar-refractivity contribution in [3.8, 4) is 0 Å². The Kier molecular flexibility index (Phi) is 20.7. The number of rotatable bonds is 23. The smallest absolute Gasteiger partial charge is 0.338 e. The molecular formula is C32H53NO3. The van der Waals surface area contributed by atoms with Crippen LogP contribution in [0, 0.1) is 0 Å². The number of hydrogen-bond donors (Lipinski definition) is 0. The largest absolute Gasteiger partial charge is 0.460 e. The number of nitrogens with zero attached hydrogens (tertiary/aromatic N) is 1. The van der Waals surface area contributed by atoms with Crippen molar-refractivity contribution in [1.82, 2.24) is 4.90 Å². The van der Waals surface area contributed by atoms with Crippen LogP contribution in [-0.2, 0) is 9.53 Å². The molecule has 0 saturated carbocycles. The monoisotopic (exact) mass is 499 g/mol. The highest BCUT2D eigenvalue weighted by Gasteiger charge is 2.10. The number of hydrogen-bond acceptors (Lipinski definition) is 3. The van der Waals surface area contributed by atoms with Crippen LogP contribution in [0.25, 0.3) is 0 Å². The summed E-state index contributed by atoms with van der Waals surface area (Å²) in [6.45, 7) is 2.94. The lowest BCUT2D eigenvalue weighted by atomic mass is 10.1. The van der Waals surface area contributed by atoms with E-state index in [4.69, 9.17) is 4.74 Å². The molecule has 1 amide bonds. The van der Waals surface area contributed by atoms with E-state index in [0.29, 0.717) is 18.5 Å². The Balaban J connectivity index is 1.84. The molecular weight excluding hydrogens is 446 g/mol. The highest BCUT2D eigenvalue weighted by atomic mass is 16.5. The van der Waals surface area contributed by atoms with Gasteiger partial charge in [0.2, 0.25) is 5.91 Å². The third-order valence-corrected chi connectivity index (χ3v) is 6.75. The van der Waals surface area contributed by atoms with Gasteiger partial charge in [0.1, 0.15) is 6.61 Å². The van der Waals surface area contributed by atoms with Crippen LogP contribution in [0.4, 0.5) is 0 Å². The van der Waals surface area contributed by atoms with Gasteiger partial charge in [0, 0.05) is 13.5 Å². The van der Waals surface area contributed by atoms with E-state index in [9.17, 15) is 9.59 Å². The average molecular weight is 500 g/mol. The molecule has 204 valence electrons. The molecule has 0 aromatic heterocycles. The number of carbonyl (C=O) groups excluding carboxylic acids is 2. The summed E-state index contributed by atoms with van der Waals surface area (Å²) in [7, 11) is 1.78. The quantitative estimate of drug-likeness (QED) is 0.0857. The summed E-state index contributed by atoms with van der Waals surface area (Å²) < 4.78 is 5.26. The highest BCUT2D eigenvalue weighted by molar-refractivity contribution is 5.89. The minimum absolute atomic E-state index is 0.131. The standard InChI is InChI=1S/C32H53NO3/c1-3-4-5-6-7-8-9-10-11-12-13-14-15-16-17-18-19-20-24-27-31(34)33(2)28-29-36-32(35)30-25-22-21-23-26-30/h10-11,21-23,25-26H,3-9,12-20,24,27-29H2,1-2H3/b11-10-. The minimum atomic E-state index is -0.341. The van der Waals surface area contributed by atoms with Crippen molar-refractivity contribution >= 4 is 11.9 Å². The number of benzene rings is 1. The maximum atomic E-state index is 12.3. The van der Waals surface area contributed by atoms with E-state index in [1.807, 2.05) is 18.2 Å². The van der Waals surface area contributed by atoms with E-state index in [2.05, 4.69) is 19.1 Å². The fourth-order valence-electron chi connectivity index (χ4n) is 4.30. The zero-order valence-electron chi connectivity index (χ0n) is 23.4. The lowest BCUT2D eigenvalue weighted by molar-refractivity contribution is -0.130. The minimum Gasteiger partial charge on any atom is -0.460 e. The Labute approximate surface area is 221 Å². The van der Waals surface area contributed by atoms with Crippen molar-refractivity contribution in [1.29, 1.82) is 0 Å². The van der Waals surface area contributed by atoms with E-state index < -0.39 is 0 Å². The van der Waals surface area contributed by atoms with Gasteiger partial charge in [0.05, 0.1) is 12.1 Å². The van der Waals surface area contributed by atoms with Gasteiger partial charge in [-0.05, 0) is 44.2 Å². The van der Waals surface area contributed by atoms with Crippen molar-refractivity contribution in [2.45, 2.75) is 122 Å². The zero-order chi connectivity index (χ0) is 26.1. The number of carbonyl (C=O) groups is 2. The Morgan fingerprint density at radius 1 is 0.722 bits per heavy atom. The second-order valence-electron chi connectivity index (χ2n) is 10.1. The summed E-state index contributed by atoms with van der Waals surface area (Å²) in [4.78, 5) is 25.8. The molecule has 0 heterocycles. The first-order valence-electron chi connectivity index (χ1n) is 14.8.